The average molecular weight is 187 g/mol. The van der Waals surface area contributed by atoms with Crippen LogP contribution in [0.15, 0.2) is 18.2 Å². The maximum absolute atomic E-state index is 3.29. The normalized spacial score (nSPS) is 9.36. The molecule has 0 aliphatic rings. The average Bonchev–Trinajstić information content (AvgIpc) is 2.15. The molecule has 1 N–H and O–H groups in total. The Bertz CT molecular complexity index is 355. The lowest BCUT2D eigenvalue weighted by molar-refractivity contribution is 0.765. The summed E-state index contributed by atoms with van der Waals surface area (Å²) in [6, 6.07) is 6.54. The molecule has 74 valence electrons. The van der Waals surface area contributed by atoms with Crippen molar-refractivity contribution in [1.29, 1.82) is 0 Å². The standard InChI is InChI=1S/C13H17N/c1-4-5-8-14-10-13-7-6-11(2)9-12(13)3/h6-7,9,14H,8,10H2,1-3H3. The third kappa shape index (κ3) is 3.24. The Labute approximate surface area is 86.5 Å². The largest absolute Gasteiger partial charge is 0.302 e. The second kappa shape index (κ2) is 5.47. The van der Waals surface area contributed by atoms with Crippen molar-refractivity contribution in [3.63, 3.8) is 0 Å². The van der Waals surface area contributed by atoms with Gasteiger partial charge in [-0.05, 0) is 31.9 Å². The summed E-state index contributed by atoms with van der Waals surface area (Å²) in [5, 5.41) is 3.29. The van der Waals surface area contributed by atoms with Crippen molar-refractivity contribution in [3.05, 3.63) is 34.9 Å². The molecule has 1 aromatic rings. The number of aryl methyl sites for hydroxylation is 2. The summed E-state index contributed by atoms with van der Waals surface area (Å²) in [4.78, 5) is 0. The minimum absolute atomic E-state index is 0.768. The van der Waals surface area contributed by atoms with E-state index in [9.17, 15) is 0 Å². The number of nitrogens with one attached hydrogen (secondary N) is 1. The van der Waals surface area contributed by atoms with Crippen LogP contribution in [0.25, 0.3) is 0 Å². The van der Waals surface area contributed by atoms with E-state index in [1.165, 1.54) is 16.7 Å². The number of benzene rings is 1. The molecular formula is C13H17N. The Morgan fingerprint density at radius 1 is 1.29 bits per heavy atom. The van der Waals surface area contributed by atoms with Crippen molar-refractivity contribution in [1.82, 2.24) is 5.32 Å². The van der Waals surface area contributed by atoms with Crippen LogP contribution in [-0.4, -0.2) is 6.54 Å². The molecule has 0 unspecified atom stereocenters. The Morgan fingerprint density at radius 2 is 2.07 bits per heavy atom. The van der Waals surface area contributed by atoms with Gasteiger partial charge in [-0.2, -0.15) is 0 Å². The number of hydrogen-bond acceptors (Lipinski definition) is 1. The van der Waals surface area contributed by atoms with Gasteiger partial charge < -0.3 is 5.32 Å². The van der Waals surface area contributed by atoms with Gasteiger partial charge in [0.1, 0.15) is 0 Å². The highest BCUT2D eigenvalue weighted by molar-refractivity contribution is 5.30. The third-order valence-electron chi connectivity index (χ3n) is 2.20. The molecule has 0 amide bonds. The summed E-state index contributed by atoms with van der Waals surface area (Å²) in [6.07, 6.45) is 0. The summed E-state index contributed by atoms with van der Waals surface area (Å²) in [5.41, 5.74) is 4.02. The second-order valence-corrected chi connectivity index (χ2v) is 3.46. The zero-order valence-corrected chi connectivity index (χ0v) is 9.15. The SMILES string of the molecule is CC#CCNCc1ccc(C)cc1C. The van der Waals surface area contributed by atoms with E-state index >= 15 is 0 Å². The maximum Gasteiger partial charge on any atom is 0.0579 e. The van der Waals surface area contributed by atoms with Gasteiger partial charge in [-0.25, -0.2) is 0 Å². The molecule has 1 nitrogen and oxygen atoms in total. The molecule has 0 aliphatic carbocycles. The Balaban J connectivity index is 2.53. The highest BCUT2D eigenvalue weighted by atomic mass is 14.8. The molecule has 0 bridgehead atoms. The highest BCUT2D eigenvalue weighted by Crippen LogP contribution is 2.09. The van der Waals surface area contributed by atoms with Crippen LogP contribution in [0.3, 0.4) is 0 Å². The summed E-state index contributed by atoms with van der Waals surface area (Å²) >= 11 is 0. The number of hydrogen-bond donors (Lipinski definition) is 1. The fourth-order valence-electron chi connectivity index (χ4n) is 1.39. The van der Waals surface area contributed by atoms with E-state index in [1.54, 1.807) is 0 Å². The smallest absolute Gasteiger partial charge is 0.0579 e. The van der Waals surface area contributed by atoms with Gasteiger partial charge in [-0.3, -0.25) is 0 Å². The second-order valence-electron chi connectivity index (χ2n) is 3.46. The Morgan fingerprint density at radius 3 is 2.71 bits per heavy atom. The first kappa shape index (κ1) is 10.8. The van der Waals surface area contributed by atoms with Crippen molar-refractivity contribution in [2.24, 2.45) is 0 Å². The van der Waals surface area contributed by atoms with Gasteiger partial charge in [-0.15, -0.1) is 5.92 Å². The van der Waals surface area contributed by atoms with Crippen molar-refractivity contribution in [3.8, 4) is 11.8 Å². The van der Waals surface area contributed by atoms with Gasteiger partial charge >= 0.3 is 0 Å². The zero-order chi connectivity index (χ0) is 10.4. The van der Waals surface area contributed by atoms with Gasteiger partial charge in [0.25, 0.3) is 0 Å². The molecule has 1 aromatic carbocycles. The van der Waals surface area contributed by atoms with E-state index in [-0.39, 0.29) is 0 Å². The molecule has 0 aliphatic heterocycles. The molecule has 1 rings (SSSR count). The van der Waals surface area contributed by atoms with Crippen LogP contribution in [0.2, 0.25) is 0 Å². The van der Waals surface area contributed by atoms with E-state index in [4.69, 9.17) is 0 Å². The van der Waals surface area contributed by atoms with Gasteiger partial charge in [0.05, 0.1) is 6.54 Å². The molecule has 0 aromatic heterocycles. The quantitative estimate of drug-likeness (QED) is 0.566. The first-order chi connectivity index (χ1) is 6.74. The van der Waals surface area contributed by atoms with Crippen LogP contribution >= 0.6 is 0 Å². The Kier molecular flexibility index (Phi) is 4.22. The van der Waals surface area contributed by atoms with Crippen LogP contribution in [-0.2, 0) is 6.54 Å². The van der Waals surface area contributed by atoms with Crippen LogP contribution in [0.5, 0.6) is 0 Å². The third-order valence-corrected chi connectivity index (χ3v) is 2.20. The van der Waals surface area contributed by atoms with Crippen LogP contribution < -0.4 is 5.32 Å². The molecule has 0 saturated carbocycles. The summed E-state index contributed by atoms with van der Waals surface area (Å²) < 4.78 is 0. The van der Waals surface area contributed by atoms with Crippen molar-refractivity contribution in [2.45, 2.75) is 27.3 Å². The van der Waals surface area contributed by atoms with E-state index in [0.717, 1.165) is 13.1 Å². The fraction of sp³-hybridized carbons (Fsp3) is 0.385. The van der Waals surface area contributed by atoms with Crippen molar-refractivity contribution < 1.29 is 0 Å². The molecule has 1 heteroatoms. The molecule has 0 radical (unpaired) electrons. The van der Waals surface area contributed by atoms with Gasteiger partial charge in [-0.1, -0.05) is 29.7 Å². The lowest BCUT2D eigenvalue weighted by Gasteiger charge is -2.06. The molecule has 14 heavy (non-hydrogen) atoms. The first-order valence-corrected chi connectivity index (χ1v) is 4.90. The minimum Gasteiger partial charge on any atom is -0.302 e. The topological polar surface area (TPSA) is 12.0 Å². The van der Waals surface area contributed by atoms with Crippen molar-refractivity contribution in [2.75, 3.05) is 6.54 Å². The first-order valence-electron chi connectivity index (χ1n) is 4.90. The predicted molar refractivity (Wildman–Crippen MR) is 61.1 cm³/mol. The minimum atomic E-state index is 0.768. The van der Waals surface area contributed by atoms with E-state index < -0.39 is 0 Å². The molecular weight excluding hydrogens is 170 g/mol. The molecule has 0 atom stereocenters. The van der Waals surface area contributed by atoms with Gasteiger partial charge in [0.15, 0.2) is 0 Å². The van der Waals surface area contributed by atoms with Gasteiger partial charge in [0.2, 0.25) is 0 Å². The van der Waals surface area contributed by atoms with Crippen LogP contribution in [0.1, 0.15) is 23.6 Å². The Hall–Kier alpha value is -1.26. The predicted octanol–water partition coefficient (Wildman–Crippen LogP) is 2.42. The number of rotatable bonds is 3. The van der Waals surface area contributed by atoms with Gasteiger partial charge in [0, 0.05) is 6.54 Å². The van der Waals surface area contributed by atoms with E-state index in [1.807, 2.05) is 6.92 Å². The fourth-order valence-corrected chi connectivity index (χ4v) is 1.39. The molecule has 0 saturated heterocycles. The monoisotopic (exact) mass is 187 g/mol. The summed E-state index contributed by atoms with van der Waals surface area (Å²) in [6.45, 7) is 7.80. The lowest BCUT2D eigenvalue weighted by Crippen LogP contribution is -2.13. The lowest BCUT2D eigenvalue weighted by atomic mass is 10.1. The van der Waals surface area contributed by atoms with Crippen LogP contribution in [0, 0.1) is 25.7 Å². The summed E-state index contributed by atoms with van der Waals surface area (Å²) in [7, 11) is 0. The molecule has 0 fully saturated rings. The zero-order valence-electron chi connectivity index (χ0n) is 9.15. The summed E-state index contributed by atoms with van der Waals surface area (Å²) in [5.74, 6) is 5.85. The van der Waals surface area contributed by atoms with E-state index in [0.29, 0.717) is 0 Å². The molecule has 0 spiro atoms. The van der Waals surface area contributed by atoms with Crippen LogP contribution in [0.4, 0.5) is 0 Å². The molecule has 0 heterocycles. The highest BCUT2D eigenvalue weighted by Gasteiger charge is 1.96. The van der Waals surface area contributed by atoms with E-state index in [2.05, 4.69) is 49.2 Å². The maximum atomic E-state index is 3.29. The van der Waals surface area contributed by atoms with Crippen molar-refractivity contribution >= 4 is 0 Å².